The zero-order chi connectivity index (χ0) is 18.6. The Morgan fingerprint density at radius 3 is 0.960 bits per heavy atom. The molecule has 0 aromatic heterocycles. The number of rotatable bonds is 20. The predicted octanol–water partition coefficient (Wildman–Crippen LogP) is 8.55. The molecule has 1 nitrogen and oxygen atoms in total. The Morgan fingerprint density at radius 2 is 0.720 bits per heavy atom. The maximum Gasteiger partial charge on any atom is 0.248 e. The van der Waals surface area contributed by atoms with E-state index in [1.807, 2.05) is 6.55 Å². The summed E-state index contributed by atoms with van der Waals surface area (Å²) in [5, 5.41) is 8.72. The van der Waals surface area contributed by atoms with Crippen molar-refractivity contribution in [2.45, 2.75) is 128 Å². The molecule has 0 saturated carbocycles. The molecule has 0 unspecified atom stereocenters. The molecule has 1 N–H and O–H groups in total. The van der Waals surface area contributed by atoms with E-state index < -0.39 is 6.69 Å². The molecule has 0 spiro atoms. The van der Waals surface area contributed by atoms with Gasteiger partial charge in [0, 0.05) is 6.61 Å². The van der Waals surface area contributed by atoms with Crippen LogP contribution in [0, 0.1) is 0 Å². The molecule has 0 aromatic carbocycles. The molecule has 152 valence electrons. The van der Waals surface area contributed by atoms with Crippen LogP contribution in [0.25, 0.3) is 0 Å². The molecule has 0 aromatic rings. The monoisotopic (exact) mass is 410 g/mol. The summed E-state index contributed by atoms with van der Waals surface area (Å²) in [6.45, 7) is 0.557. The molecule has 0 atom stereocenters. The Labute approximate surface area is 168 Å². The van der Waals surface area contributed by atoms with Crippen LogP contribution in [0.2, 0.25) is 12.6 Å². The van der Waals surface area contributed by atoms with Crippen LogP contribution in [-0.4, -0.2) is 18.4 Å². The summed E-state index contributed by atoms with van der Waals surface area (Å²) >= 11 is 12.2. The van der Waals surface area contributed by atoms with Crippen molar-refractivity contribution in [3.8, 4) is 0 Å². The van der Waals surface area contributed by atoms with Gasteiger partial charge in [-0.3, -0.25) is 0 Å². The Kier molecular flexibility index (Phi) is 20.1. The first-order valence-corrected chi connectivity index (χ1v) is 15.8. The van der Waals surface area contributed by atoms with Gasteiger partial charge in [0.15, 0.2) is 0 Å². The number of unbranched alkanes of at least 4 members (excludes halogenated alkanes) is 17. The molecule has 25 heavy (non-hydrogen) atoms. The van der Waals surface area contributed by atoms with Crippen LogP contribution in [0.3, 0.4) is 0 Å². The molecule has 0 radical (unpaired) electrons. The Balaban J connectivity index is 3.01. The van der Waals surface area contributed by atoms with Gasteiger partial charge in [-0.2, -0.15) is 0 Å². The van der Waals surface area contributed by atoms with Crippen molar-refractivity contribution < 1.29 is 5.11 Å². The van der Waals surface area contributed by atoms with Crippen molar-refractivity contribution in [3.05, 3.63) is 0 Å². The Hall–Kier alpha value is 0.757. The largest absolute Gasteiger partial charge is 0.396 e. The highest BCUT2D eigenvalue weighted by Crippen LogP contribution is 2.23. The van der Waals surface area contributed by atoms with Gasteiger partial charge in [-0.1, -0.05) is 109 Å². The van der Waals surface area contributed by atoms with Gasteiger partial charge in [-0.05, 0) is 19.0 Å². The van der Waals surface area contributed by atoms with Crippen molar-refractivity contribution >= 4 is 28.9 Å². The third-order valence-corrected chi connectivity index (χ3v) is 7.39. The maximum atomic E-state index is 8.72. The second-order valence-corrected chi connectivity index (χ2v) is 16.1. The highest BCUT2D eigenvalue weighted by molar-refractivity contribution is 7.44. The highest BCUT2D eigenvalue weighted by atomic mass is 35.7. The summed E-state index contributed by atoms with van der Waals surface area (Å²) in [6, 6.07) is 1.06. The molecule has 0 bridgehead atoms. The third kappa shape index (κ3) is 24.8. The molecule has 0 aliphatic heterocycles. The van der Waals surface area contributed by atoms with Gasteiger partial charge in [-0.15, -0.1) is 22.2 Å². The molecule has 0 heterocycles. The normalized spacial score (nSPS) is 12.0. The molecule has 0 amide bonds. The van der Waals surface area contributed by atoms with Gasteiger partial charge in [0.25, 0.3) is 0 Å². The van der Waals surface area contributed by atoms with E-state index >= 15 is 0 Å². The number of hydrogen-bond donors (Lipinski definition) is 1. The summed E-state index contributed by atoms with van der Waals surface area (Å²) < 4.78 is 0. The predicted molar refractivity (Wildman–Crippen MR) is 118 cm³/mol. The van der Waals surface area contributed by atoms with Crippen molar-refractivity contribution in [2.24, 2.45) is 0 Å². The number of aliphatic hydroxyl groups excluding tert-OH is 1. The molecule has 4 heteroatoms. The van der Waals surface area contributed by atoms with E-state index in [0.29, 0.717) is 6.61 Å². The van der Waals surface area contributed by atoms with Crippen molar-refractivity contribution in [2.75, 3.05) is 6.61 Å². The average Bonchev–Trinajstić information content (AvgIpc) is 2.56. The van der Waals surface area contributed by atoms with E-state index in [1.165, 1.54) is 109 Å². The fourth-order valence-electron chi connectivity index (χ4n) is 3.38. The first kappa shape index (κ1) is 25.8. The van der Waals surface area contributed by atoms with Gasteiger partial charge in [0.2, 0.25) is 6.69 Å². The molecular weight excluding hydrogens is 367 g/mol. The molecular formula is C21H44Cl2OSi. The van der Waals surface area contributed by atoms with Crippen LogP contribution in [0.15, 0.2) is 0 Å². The first-order chi connectivity index (χ1) is 12.1. The van der Waals surface area contributed by atoms with Gasteiger partial charge in [0.05, 0.1) is 0 Å². The fourth-order valence-corrected chi connectivity index (χ4v) is 5.05. The van der Waals surface area contributed by atoms with E-state index in [4.69, 9.17) is 27.3 Å². The standard InChI is InChI=1S/C21H44Cl2OSi/c1-25(22,23)21-19-17-15-13-11-9-7-5-3-2-4-6-8-10-12-14-16-18-20-24/h24H,2-21H2,1H3. The lowest BCUT2D eigenvalue weighted by atomic mass is 10.0. The minimum absolute atomic E-state index is 0.365. The van der Waals surface area contributed by atoms with Gasteiger partial charge in [-0.25, -0.2) is 0 Å². The SMILES string of the molecule is C[Si](Cl)(Cl)CCCCCCCCCCCCCCCCCCCCO. The smallest absolute Gasteiger partial charge is 0.248 e. The second-order valence-electron chi connectivity index (χ2n) is 7.91. The number of halogens is 2. The van der Waals surface area contributed by atoms with Crippen LogP contribution in [-0.2, 0) is 0 Å². The second kappa shape index (κ2) is 19.5. The van der Waals surface area contributed by atoms with Crippen LogP contribution in [0.1, 0.15) is 116 Å². The van der Waals surface area contributed by atoms with Gasteiger partial charge < -0.3 is 5.11 Å². The molecule has 0 saturated heterocycles. The van der Waals surface area contributed by atoms with Gasteiger partial charge >= 0.3 is 0 Å². The summed E-state index contributed by atoms with van der Waals surface area (Å²) in [6.07, 6.45) is 24.4. The lowest BCUT2D eigenvalue weighted by molar-refractivity contribution is 0.282. The fraction of sp³-hybridized carbons (Fsp3) is 1.00. The molecule has 0 aliphatic rings. The van der Waals surface area contributed by atoms with E-state index in [-0.39, 0.29) is 0 Å². The van der Waals surface area contributed by atoms with Gasteiger partial charge in [0.1, 0.15) is 0 Å². The molecule has 0 fully saturated rings. The summed E-state index contributed by atoms with van der Waals surface area (Å²) in [4.78, 5) is 0. The van der Waals surface area contributed by atoms with E-state index in [1.54, 1.807) is 0 Å². The van der Waals surface area contributed by atoms with Crippen LogP contribution in [0.4, 0.5) is 0 Å². The Morgan fingerprint density at radius 1 is 0.480 bits per heavy atom. The molecule has 0 aliphatic carbocycles. The quantitative estimate of drug-likeness (QED) is 0.121. The Bertz CT molecular complexity index is 257. The lowest BCUT2D eigenvalue weighted by Gasteiger charge is -2.09. The summed E-state index contributed by atoms with van der Waals surface area (Å²) in [5.41, 5.74) is 0. The maximum absolute atomic E-state index is 8.72. The van der Waals surface area contributed by atoms with Crippen molar-refractivity contribution in [1.82, 2.24) is 0 Å². The number of aliphatic hydroxyl groups is 1. The summed E-state index contributed by atoms with van der Waals surface area (Å²) in [5.74, 6) is 0. The third-order valence-electron chi connectivity index (χ3n) is 5.02. The first-order valence-electron chi connectivity index (χ1n) is 11.0. The topological polar surface area (TPSA) is 20.2 Å². The van der Waals surface area contributed by atoms with Crippen molar-refractivity contribution in [1.29, 1.82) is 0 Å². The minimum Gasteiger partial charge on any atom is -0.396 e. The highest BCUT2D eigenvalue weighted by Gasteiger charge is 2.19. The molecule has 0 rings (SSSR count). The van der Waals surface area contributed by atoms with E-state index in [2.05, 4.69) is 0 Å². The summed E-state index contributed by atoms with van der Waals surface area (Å²) in [7, 11) is 0. The number of hydrogen-bond acceptors (Lipinski definition) is 1. The van der Waals surface area contributed by atoms with Crippen LogP contribution >= 0.6 is 22.2 Å². The van der Waals surface area contributed by atoms with E-state index in [0.717, 1.165) is 12.5 Å². The minimum atomic E-state index is -1.83. The van der Waals surface area contributed by atoms with E-state index in [9.17, 15) is 0 Å². The average molecular weight is 412 g/mol. The van der Waals surface area contributed by atoms with Crippen molar-refractivity contribution in [3.63, 3.8) is 0 Å². The van der Waals surface area contributed by atoms with Crippen LogP contribution < -0.4 is 0 Å². The lowest BCUT2D eigenvalue weighted by Crippen LogP contribution is -2.11. The van der Waals surface area contributed by atoms with Crippen LogP contribution in [0.5, 0.6) is 0 Å². The zero-order valence-corrected chi connectivity index (χ0v) is 19.4. The zero-order valence-electron chi connectivity index (χ0n) is 16.8.